The maximum Gasteiger partial charge on any atom is 0.253 e. The number of amides is 1. The van der Waals surface area contributed by atoms with Gasteiger partial charge < -0.3 is 9.80 Å². The van der Waals surface area contributed by atoms with Crippen molar-refractivity contribution in [2.75, 3.05) is 42.6 Å². The van der Waals surface area contributed by atoms with Gasteiger partial charge in [-0.2, -0.15) is 0 Å². The number of hydrogen-bond acceptors (Lipinski definition) is 4. The van der Waals surface area contributed by atoms with E-state index >= 15 is 0 Å². The summed E-state index contributed by atoms with van der Waals surface area (Å²) in [6.45, 7) is 3.35. The second-order valence-electron chi connectivity index (χ2n) is 6.66. The molecule has 0 radical (unpaired) electrons. The van der Waals surface area contributed by atoms with Crippen LogP contribution in [-0.4, -0.2) is 48.5 Å². The molecule has 2 saturated heterocycles. The van der Waals surface area contributed by atoms with Crippen molar-refractivity contribution in [1.82, 2.24) is 4.90 Å². The van der Waals surface area contributed by atoms with Gasteiger partial charge >= 0.3 is 0 Å². The molecule has 2 aromatic rings. The Morgan fingerprint density at radius 2 is 1.50 bits per heavy atom. The lowest BCUT2D eigenvalue weighted by Crippen LogP contribution is -2.48. The Bertz CT molecular complexity index is 721. The molecule has 0 unspecified atom stereocenters. The minimum Gasteiger partial charge on any atom is -0.368 e. The lowest BCUT2D eigenvalue weighted by Gasteiger charge is -2.36. The molecule has 0 aliphatic carbocycles. The van der Waals surface area contributed by atoms with Gasteiger partial charge in [0.2, 0.25) is 0 Å². The van der Waals surface area contributed by atoms with Gasteiger partial charge in [0, 0.05) is 37.4 Å². The van der Waals surface area contributed by atoms with E-state index in [2.05, 4.69) is 41.3 Å². The molecule has 2 fully saturated rings. The van der Waals surface area contributed by atoms with Crippen LogP contribution in [0.4, 0.5) is 5.69 Å². The summed E-state index contributed by atoms with van der Waals surface area (Å²) < 4.78 is 0.530. The van der Waals surface area contributed by atoms with Gasteiger partial charge in [-0.3, -0.25) is 4.79 Å². The molecule has 0 aromatic heterocycles. The average molecular weight is 385 g/mol. The predicted octanol–water partition coefficient (Wildman–Crippen LogP) is 4.52. The van der Waals surface area contributed by atoms with Crippen molar-refractivity contribution in [3.8, 4) is 0 Å². The van der Waals surface area contributed by atoms with Crippen LogP contribution in [0, 0.1) is 0 Å². The molecule has 136 valence electrons. The standard InChI is InChI=1S/C21H24N2OS2/c24-20(17-7-9-18(10-8-17)21-25-15-4-16-26-21)23-13-11-22(12-14-23)19-5-2-1-3-6-19/h1-3,5-10,21H,4,11-16H2. The van der Waals surface area contributed by atoms with E-state index in [1.54, 1.807) is 0 Å². The normalized spacial score (nSPS) is 18.8. The minimum atomic E-state index is 0.160. The number of carbonyl (C=O) groups excluding carboxylic acids is 1. The maximum atomic E-state index is 12.8. The lowest BCUT2D eigenvalue weighted by molar-refractivity contribution is 0.0747. The molecule has 0 bridgehead atoms. The maximum absolute atomic E-state index is 12.8. The van der Waals surface area contributed by atoms with Crippen molar-refractivity contribution in [2.24, 2.45) is 0 Å². The third kappa shape index (κ3) is 4.04. The van der Waals surface area contributed by atoms with Crippen LogP contribution >= 0.6 is 23.5 Å². The van der Waals surface area contributed by atoms with Crippen molar-refractivity contribution < 1.29 is 4.79 Å². The molecule has 26 heavy (non-hydrogen) atoms. The SMILES string of the molecule is O=C(c1ccc(C2SCCCS2)cc1)N1CCN(c2ccccc2)CC1. The van der Waals surface area contributed by atoms with Gasteiger partial charge in [-0.05, 0) is 47.8 Å². The molecule has 2 aromatic carbocycles. The minimum absolute atomic E-state index is 0.160. The van der Waals surface area contributed by atoms with E-state index in [9.17, 15) is 4.79 Å². The summed E-state index contributed by atoms with van der Waals surface area (Å²) in [6.07, 6.45) is 1.30. The van der Waals surface area contributed by atoms with Gasteiger partial charge in [0.1, 0.15) is 0 Å². The van der Waals surface area contributed by atoms with Crippen molar-refractivity contribution in [3.63, 3.8) is 0 Å². The monoisotopic (exact) mass is 384 g/mol. The van der Waals surface area contributed by atoms with Gasteiger partial charge in [-0.25, -0.2) is 0 Å². The zero-order valence-corrected chi connectivity index (χ0v) is 16.5. The molecule has 0 N–H and O–H groups in total. The van der Waals surface area contributed by atoms with E-state index in [0.29, 0.717) is 4.58 Å². The summed E-state index contributed by atoms with van der Waals surface area (Å²) >= 11 is 4.04. The Morgan fingerprint density at radius 3 is 2.15 bits per heavy atom. The first-order chi connectivity index (χ1) is 12.8. The number of benzene rings is 2. The second kappa shape index (κ2) is 8.40. The van der Waals surface area contributed by atoms with E-state index in [1.807, 2.05) is 46.6 Å². The van der Waals surface area contributed by atoms with Gasteiger partial charge in [-0.15, -0.1) is 23.5 Å². The highest BCUT2D eigenvalue weighted by atomic mass is 32.2. The van der Waals surface area contributed by atoms with Crippen LogP contribution in [0.2, 0.25) is 0 Å². The van der Waals surface area contributed by atoms with Crippen molar-refractivity contribution in [3.05, 3.63) is 65.7 Å². The molecule has 2 aliphatic heterocycles. The van der Waals surface area contributed by atoms with E-state index in [4.69, 9.17) is 0 Å². The molecule has 0 spiro atoms. The van der Waals surface area contributed by atoms with Crippen molar-refractivity contribution in [1.29, 1.82) is 0 Å². The molecule has 0 saturated carbocycles. The van der Waals surface area contributed by atoms with Crippen molar-refractivity contribution >= 4 is 35.1 Å². The third-order valence-corrected chi connectivity index (χ3v) is 7.96. The van der Waals surface area contributed by atoms with Gasteiger partial charge in [-0.1, -0.05) is 30.3 Å². The highest BCUT2D eigenvalue weighted by Gasteiger charge is 2.23. The zero-order valence-electron chi connectivity index (χ0n) is 14.8. The molecule has 5 heteroatoms. The number of carbonyl (C=O) groups is 1. The number of para-hydroxylation sites is 1. The fraction of sp³-hybridized carbons (Fsp3) is 0.381. The first-order valence-corrected chi connectivity index (χ1v) is 11.3. The van der Waals surface area contributed by atoms with Crippen LogP contribution in [-0.2, 0) is 0 Å². The van der Waals surface area contributed by atoms with Crippen LogP contribution < -0.4 is 4.90 Å². The number of piperazine rings is 1. The summed E-state index contributed by atoms with van der Waals surface area (Å²) in [4.78, 5) is 17.2. The number of thioether (sulfide) groups is 2. The second-order valence-corrected chi connectivity index (χ2v) is 9.39. The zero-order chi connectivity index (χ0) is 17.8. The number of nitrogens with zero attached hydrogens (tertiary/aromatic N) is 2. The van der Waals surface area contributed by atoms with E-state index in [-0.39, 0.29) is 5.91 Å². The Hall–Kier alpha value is -1.59. The summed E-state index contributed by atoms with van der Waals surface area (Å²) in [5.74, 6) is 2.64. The summed E-state index contributed by atoms with van der Waals surface area (Å²) in [5.41, 5.74) is 3.39. The smallest absolute Gasteiger partial charge is 0.253 e. The first kappa shape index (κ1) is 17.8. The average Bonchev–Trinajstić information content (AvgIpc) is 2.75. The largest absolute Gasteiger partial charge is 0.368 e. The van der Waals surface area contributed by atoms with Crippen molar-refractivity contribution in [2.45, 2.75) is 11.0 Å². The molecule has 1 amide bonds. The highest BCUT2D eigenvalue weighted by molar-refractivity contribution is 8.16. The highest BCUT2D eigenvalue weighted by Crippen LogP contribution is 2.43. The first-order valence-electron chi connectivity index (χ1n) is 9.24. The predicted molar refractivity (Wildman–Crippen MR) is 113 cm³/mol. The molecule has 2 heterocycles. The van der Waals surface area contributed by atoms with Crippen LogP contribution in [0.15, 0.2) is 54.6 Å². The Kier molecular flexibility index (Phi) is 5.75. The van der Waals surface area contributed by atoms with E-state index in [1.165, 1.54) is 29.2 Å². The third-order valence-electron chi connectivity index (χ3n) is 4.95. The van der Waals surface area contributed by atoms with Crippen LogP contribution in [0.1, 0.15) is 26.9 Å². The Balaban J connectivity index is 1.36. The molecule has 2 aliphatic rings. The number of rotatable bonds is 3. The Labute approximate surface area is 164 Å². The van der Waals surface area contributed by atoms with E-state index < -0.39 is 0 Å². The number of hydrogen-bond donors (Lipinski definition) is 0. The van der Waals surface area contributed by atoms with Crippen LogP contribution in [0.5, 0.6) is 0 Å². The number of anilines is 1. The summed E-state index contributed by atoms with van der Waals surface area (Å²) in [6, 6.07) is 18.8. The quantitative estimate of drug-likeness (QED) is 0.776. The summed E-state index contributed by atoms with van der Waals surface area (Å²) in [5, 5.41) is 0. The summed E-state index contributed by atoms with van der Waals surface area (Å²) in [7, 11) is 0. The molecular weight excluding hydrogens is 360 g/mol. The fourth-order valence-corrected chi connectivity index (χ4v) is 6.35. The van der Waals surface area contributed by atoms with Gasteiger partial charge in [0.15, 0.2) is 0 Å². The van der Waals surface area contributed by atoms with Gasteiger partial charge in [0.25, 0.3) is 5.91 Å². The van der Waals surface area contributed by atoms with E-state index in [0.717, 1.165) is 31.7 Å². The molecular formula is C21H24N2OS2. The van der Waals surface area contributed by atoms with Gasteiger partial charge in [0.05, 0.1) is 4.58 Å². The lowest BCUT2D eigenvalue weighted by atomic mass is 10.1. The molecule has 3 nitrogen and oxygen atoms in total. The molecule has 4 rings (SSSR count). The molecule has 0 atom stereocenters. The topological polar surface area (TPSA) is 23.6 Å². The van der Waals surface area contributed by atoms with Crippen LogP contribution in [0.3, 0.4) is 0 Å². The Morgan fingerprint density at radius 1 is 0.846 bits per heavy atom. The fourth-order valence-electron chi connectivity index (χ4n) is 3.45. The van der Waals surface area contributed by atoms with Crippen LogP contribution in [0.25, 0.3) is 0 Å².